The zero-order valence-electron chi connectivity index (χ0n) is 11.6. The van der Waals surface area contributed by atoms with Crippen LogP contribution >= 0.6 is 0 Å². The SMILES string of the molecule is CNS(=O)(=O)c1ccc(OCCOCCOC)cc1N. The van der Waals surface area contributed by atoms with E-state index in [2.05, 4.69) is 4.72 Å². The molecular weight excluding hydrogens is 284 g/mol. The molecule has 0 heterocycles. The van der Waals surface area contributed by atoms with Crippen molar-refractivity contribution in [1.29, 1.82) is 0 Å². The fourth-order valence-corrected chi connectivity index (χ4v) is 2.27. The average molecular weight is 304 g/mol. The first-order valence-electron chi connectivity index (χ1n) is 6.04. The van der Waals surface area contributed by atoms with Gasteiger partial charge in [0.15, 0.2) is 0 Å². The predicted molar refractivity (Wildman–Crippen MR) is 75.3 cm³/mol. The smallest absolute Gasteiger partial charge is 0.242 e. The zero-order valence-corrected chi connectivity index (χ0v) is 12.4. The van der Waals surface area contributed by atoms with Crippen LogP contribution < -0.4 is 15.2 Å². The molecule has 1 rings (SSSR count). The first kappa shape index (κ1) is 16.7. The van der Waals surface area contributed by atoms with Crippen molar-refractivity contribution >= 4 is 15.7 Å². The summed E-state index contributed by atoms with van der Waals surface area (Å²) in [5, 5.41) is 0. The van der Waals surface area contributed by atoms with Gasteiger partial charge in [0.2, 0.25) is 10.0 Å². The largest absolute Gasteiger partial charge is 0.491 e. The van der Waals surface area contributed by atoms with Gasteiger partial charge in [0.05, 0.1) is 25.5 Å². The van der Waals surface area contributed by atoms with Gasteiger partial charge in [-0.05, 0) is 19.2 Å². The second-order valence-electron chi connectivity index (χ2n) is 3.86. The normalized spacial score (nSPS) is 11.5. The van der Waals surface area contributed by atoms with Gasteiger partial charge in [0.1, 0.15) is 17.3 Å². The summed E-state index contributed by atoms with van der Waals surface area (Å²) in [6, 6.07) is 4.43. The van der Waals surface area contributed by atoms with Gasteiger partial charge in [0.25, 0.3) is 0 Å². The van der Waals surface area contributed by atoms with Gasteiger partial charge in [0, 0.05) is 13.2 Å². The maximum absolute atomic E-state index is 11.6. The molecule has 0 bridgehead atoms. The van der Waals surface area contributed by atoms with Gasteiger partial charge in [-0.3, -0.25) is 0 Å². The van der Waals surface area contributed by atoms with E-state index in [4.69, 9.17) is 19.9 Å². The summed E-state index contributed by atoms with van der Waals surface area (Å²) < 4.78 is 40.9. The maximum Gasteiger partial charge on any atom is 0.242 e. The Hall–Kier alpha value is -1.35. The highest BCUT2D eigenvalue weighted by atomic mass is 32.2. The molecule has 0 saturated carbocycles. The number of hydrogen-bond acceptors (Lipinski definition) is 6. The number of sulfonamides is 1. The first-order chi connectivity index (χ1) is 9.51. The molecule has 0 unspecified atom stereocenters. The van der Waals surface area contributed by atoms with E-state index < -0.39 is 10.0 Å². The first-order valence-corrected chi connectivity index (χ1v) is 7.52. The summed E-state index contributed by atoms with van der Waals surface area (Å²) in [5.41, 5.74) is 5.84. The highest BCUT2D eigenvalue weighted by molar-refractivity contribution is 7.89. The predicted octanol–water partition coefficient (Wildman–Crippen LogP) is 0.219. The highest BCUT2D eigenvalue weighted by Gasteiger charge is 2.15. The van der Waals surface area contributed by atoms with Crippen LogP contribution in [0, 0.1) is 0 Å². The van der Waals surface area contributed by atoms with Crippen LogP contribution in [0.3, 0.4) is 0 Å². The highest BCUT2D eigenvalue weighted by Crippen LogP contribution is 2.23. The maximum atomic E-state index is 11.6. The molecule has 1 aromatic rings. The number of nitrogens with one attached hydrogen (secondary N) is 1. The van der Waals surface area contributed by atoms with E-state index >= 15 is 0 Å². The van der Waals surface area contributed by atoms with Gasteiger partial charge in [-0.25, -0.2) is 13.1 Å². The lowest BCUT2D eigenvalue weighted by Gasteiger charge is -2.10. The van der Waals surface area contributed by atoms with Crippen molar-refractivity contribution in [2.24, 2.45) is 0 Å². The Morgan fingerprint density at radius 2 is 1.90 bits per heavy atom. The number of anilines is 1. The number of benzene rings is 1. The molecule has 8 heteroatoms. The molecule has 0 aromatic heterocycles. The molecule has 0 aliphatic rings. The number of hydrogen-bond donors (Lipinski definition) is 2. The van der Waals surface area contributed by atoms with Gasteiger partial charge in [-0.15, -0.1) is 0 Å². The van der Waals surface area contributed by atoms with Gasteiger partial charge in [-0.1, -0.05) is 0 Å². The third kappa shape index (κ3) is 4.97. The lowest BCUT2D eigenvalue weighted by atomic mass is 10.3. The molecule has 0 atom stereocenters. The van der Waals surface area contributed by atoms with E-state index in [-0.39, 0.29) is 10.6 Å². The summed E-state index contributed by atoms with van der Waals surface area (Å²) in [4.78, 5) is 0.0312. The molecule has 0 radical (unpaired) electrons. The van der Waals surface area contributed by atoms with Crippen LogP contribution in [-0.2, 0) is 19.5 Å². The van der Waals surface area contributed by atoms with Crippen molar-refractivity contribution in [3.63, 3.8) is 0 Å². The van der Waals surface area contributed by atoms with E-state index in [9.17, 15) is 8.42 Å². The Kier molecular flexibility index (Phi) is 6.73. The van der Waals surface area contributed by atoms with E-state index in [1.807, 2.05) is 0 Å². The minimum absolute atomic E-state index is 0.0312. The molecule has 0 aliphatic carbocycles. The molecule has 0 spiro atoms. The topological polar surface area (TPSA) is 99.9 Å². The summed E-state index contributed by atoms with van der Waals surface area (Å²) in [6.07, 6.45) is 0. The van der Waals surface area contributed by atoms with E-state index in [0.29, 0.717) is 32.2 Å². The van der Waals surface area contributed by atoms with Crippen molar-refractivity contribution in [2.45, 2.75) is 4.90 Å². The van der Waals surface area contributed by atoms with E-state index in [0.717, 1.165) is 0 Å². The molecule has 1 aromatic carbocycles. The summed E-state index contributed by atoms with van der Waals surface area (Å²) in [5.74, 6) is 0.493. The van der Waals surface area contributed by atoms with Crippen LogP contribution in [0.4, 0.5) is 5.69 Å². The van der Waals surface area contributed by atoms with Crippen molar-refractivity contribution in [3.8, 4) is 5.75 Å². The van der Waals surface area contributed by atoms with Crippen LogP contribution in [0.25, 0.3) is 0 Å². The van der Waals surface area contributed by atoms with Gasteiger partial charge < -0.3 is 19.9 Å². The molecule has 114 valence electrons. The fraction of sp³-hybridized carbons (Fsp3) is 0.500. The molecule has 20 heavy (non-hydrogen) atoms. The molecule has 0 fully saturated rings. The third-order valence-electron chi connectivity index (χ3n) is 2.47. The Labute approximate surface area is 119 Å². The molecule has 7 nitrogen and oxygen atoms in total. The lowest BCUT2D eigenvalue weighted by molar-refractivity contribution is 0.0544. The minimum Gasteiger partial charge on any atom is -0.491 e. The van der Waals surface area contributed by atoms with Crippen molar-refractivity contribution in [2.75, 3.05) is 46.3 Å². The molecule has 3 N–H and O–H groups in total. The zero-order chi connectivity index (χ0) is 15.0. The minimum atomic E-state index is -3.55. The van der Waals surface area contributed by atoms with Crippen LogP contribution in [-0.4, -0.2) is 49.0 Å². The van der Waals surface area contributed by atoms with Crippen molar-refractivity contribution in [3.05, 3.63) is 18.2 Å². The Bertz CT molecular complexity index is 519. The average Bonchev–Trinajstić information content (AvgIpc) is 2.42. The Balaban J connectivity index is 2.52. The lowest BCUT2D eigenvalue weighted by Crippen LogP contribution is -2.20. The summed E-state index contributed by atoms with van der Waals surface area (Å²) in [6.45, 7) is 1.80. The second kappa shape index (κ2) is 8.05. The quantitative estimate of drug-likeness (QED) is 0.500. The monoisotopic (exact) mass is 304 g/mol. The second-order valence-corrected chi connectivity index (χ2v) is 5.72. The number of methoxy groups -OCH3 is 1. The standard InChI is InChI=1S/C12H20N2O5S/c1-14-20(15,16)12-4-3-10(9-11(12)13)19-8-7-18-6-5-17-2/h3-4,9,14H,5-8,13H2,1-2H3. The van der Waals surface area contributed by atoms with E-state index in [1.165, 1.54) is 19.2 Å². The Morgan fingerprint density at radius 1 is 1.20 bits per heavy atom. The molecule has 0 amide bonds. The summed E-state index contributed by atoms with van der Waals surface area (Å²) >= 11 is 0. The number of nitrogens with two attached hydrogens (primary N) is 1. The molecule has 0 saturated heterocycles. The number of rotatable bonds is 9. The van der Waals surface area contributed by atoms with E-state index in [1.54, 1.807) is 13.2 Å². The van der Waals surface area contributed by atoms with Gasteiger partial charge in [-0.2, -0.15) is 0 Å². The third-order valence-corrected chi connectivity index (χ3v) is 3.96. The number of nitrogen functional groups attached to an aromatic ring is 1. The van der Waals surface area contributed by atoms with Crippen LogP contribution in [0.2, 0.25) is 0 Å². The van der Waals surface area contributed by atoms with Crippen LogP contribution in [0.15, 0.2) is 23.1 Å². The molecular formula is C12H20N2O5S. The van der Waals surface area contributed by atoms with Crippen molar-refractivity contribution < 1.29 is 22.6 Å². The number of ether oxygens (including phenoxy) is 3. The fourth-order valence-electron chi connectivity index (χ4n) is 1.43. The summed E-state index contributed by atoms with van der Waals surface area (Å²) in [7, 11) is -0.620. The Morgan fingerprint density at radius 3 is 2.50 bits per heavy atom. The van der Waals surface area contributed by atoms with Crippen LogP contribution in [0.1, 0.15) is 0 Å². The van der Waals surface area contributed by atoms with Gasteiger partial charge >= 0.3 is 0 Å². The molecule has 0 aliphatic heterocycles. The van der Waals surface area contributed by atoms with Crippen molar-refractivity contribution in [1.82, 2.24) is 4.72 Å². The van der Waals surface area contributed by atoms with Crippen LogP contribution in [0.5, 0.6) is 5.75 Å².